The number of hydrogen-bond acceptors (Lipinski definition) is 4. The van der Waals surface area contributed by atoms with Crippen molar-refractivity contribution in [3.63, 3.8) is 0 Å². The van der Waals surface area contributed by atoms with E-state index in [0.717, 1.165) is 5.56 Å². The fourth-order valence-electron chi connectivity index (χ4n) is 2.39. The normalized spacial score (nSPS) is 16.6. The van der Waals surface area contributed by atoms with Crippen molar-refractivity contribution in [3.8, 4) is 0 Å². The molecule has 1 unspecified atom stereocenters. The number of carboxylic acids is 1. The van der Waals surface area contributed by atoms with E-state index in [-0.39, 0.29) is 17.3 Å². The fraction of sp³-hybridized carbons (Fsp3) is 0.143. The molecule has 0 fully saturated rings. The highest BCUT2D eigenvalue weighted by Gasteiger charge is 2.39. The van der Waals surface area contributed by atoms with Gasteiger partial charge in [-0.1, -0.05) is 29.8 Å². The summed E-state index contributed by atoms with van der Waals surface area (Å²) < 4.78 is 0. The van der Waals surface area contributed by atoms with E-state index >= 15 is 0 Å². The average Bonchev–Trinajstić information content (AvgIpc) is 2.87. The van der Waals surface area contributed by atoms with Crippen LogP contribution in [-0.2, 0) is 11.2 Å². The van der Waals surface area contributed by atoms with E-state index in [4.69, 9.17) is 11.6 Å². The van der Waals surface area contributed by atoms with Crippen molar-refractivity contribution in [1.29, 1.82) is 0 Å². The molecule has 21 heavy (non-hydrogen) atoms. The minimum absolute atomic E-state index is 0.0577. The summed E-state index contributed by atoms with van der Waals surface area (Å²) in [5, 5.41) is 16.9. The molecule has 2 heterocycles. The number of carbonyl (C=O) groups excluding carboxylic acids is 1. The number of nitrogens with zero attached hydrogens (tertiary/aromatic N) is 3. The van der Waals surface area contributed by atoms with Crippen molar-refractivity contribution in [2.75, 3.05) is 4.90 Å². The molecule has 1 aliphatic rings. The van der Waals surface area contributed by atoms with Gasteiger partial charge in [-0.3, -0.25) is 9.69 Å². The van der Waals surface area contributed by atoms with E-state index in [1.54, 1.807) is 12.1 Å². The number of amides is 1. The van der Waals surface area contributed by atoms with Gasteiger partial charge in [0, 0.05) is 12.1 Å². The first-order chi connectivity index (χ1) is 10.1. The third kappa shape index (κ3) is 2.34. The number of fused-ring (bicyclic) bond motifs is 1. The third-order valence-electron chi connectivity index (χ3n) is 3.33. The summed E-state index contributed by atoms with van der Waals surface area (Å²) >= 11 is 5.64. The number of rotatable bonds is 2. The quantitative estimate of drug-likeness (QED) is 0.914. The van der Waals surface area contributed by atoms with Gasteiger partial charge in [-0.25, -0.2) is 4.79 Å². The molecular weight excluding hydrogens is 294 g/mol. The number of aliphatic carboxylic acids is 1. The second-order valence-corrected chi connectivity index (χ2v) is 4.99. The molecular formula is C14H10ClN3O3. The lowest BCUT2D eigenvalue weighted by molar-refractivity contribution is -0.138. The van der Waals surface area contributed by atoms with Gasteiger partial charge in [0.25, 0.3) is 5.91 Å². The maximum Gasteiger partial charge on any atom is 0.327 e. The monoisotopic (exact) mass is 303 g/mol. The lowest BCUT2D eigenvalue weighted by Crippen LogP contribution is -2.43. The molecule has 0 radical (unpaired) electrons. The van der Waals surface area contributed by atoms with Crippen molar-refractivity contribution in [3.05, 3.63) is 52.8 Å². The lowest BCUT2D eigenvalue weighted by atomic mass is 10.1. The molecule has 0 bridgehead atoms. The molecule has 1 amide bonds. The summed E-state index contributed by atoms with van der Waals surface area (Å²) in [6.45, 7) is 0. The van der Waals surface area contributed by atoms with Gasteiger partial charge in [0.15, 0.2) is 10.8 Å². The zero-order valence-electron chi connectivity index (χ0n) is 10.7. The van der Waals surface area contributed by atoms with Crippen molar-refractivity contribution in [2.24, 2.45) is 0 Å². The molecule has 3 rings (SSSR count). The maximum atomic E-state index is 12.6. The Morgan fingerprint density at radius 1 is 1.19 bits per heavy atom. The molecule has 7 heteroatoms. The number of carbonyl (C=O) groups is 2. The Kier molecular flexibility index (Phi) is 3.31. The van der Waals surface area contributed by atoms with Crippen LogP contribution >= 0.6 is 11.6 Å². The molecule has 1 aromatic heterocycles. The Labute approximate surface area is 125 Å². The van der Waals surface area contributed by atoms with Crippen LogP contribution in [0.3, 0.4) is 0 Å². The molecule has 0 saturated carbocycles. The Morgan fingerprint density at radius 2 is 1.95 bits per heavy atom. The highest BCUT2D eigenvalue weighted by Crippen LogP contribution is 2.33. The largest absolute Gasteiger partial charge is 0.480 e. The smallest absolute Gasteiger partial charge is 0.327 e. The SMILES string of the molecule is O=C(O)C1Cc2ccccc2N1C(=O)c1ccc(Cl)nn1. The maximum absolute atomic E-state index is 12.6. The zero-order chi connectivity index (χ0) is 15.0. The molecule has 1 atom stereocenters. The van der Waals surface area contributed by atoms with Crippen molar-refractivity contribution in [1.82, 2.24) is 10.2 Å². The second kappa shape index (κ2) is 5.14. The van der Waals surface area contributed by atoms with Gasteiger partial charge in [-0.2, -0.15) is 0 Å². The standard InChI is InChI=1S/C14H10ClN3O3/c15-12-6-5-9(16-17-12)13(19)18-10-4-2-1-3-8(10)7-11(18)14(20)21/h1-6,11H,7H2,(H,20,21). The predicted molar refractivity (Wildman–Crippen MR) is 75.4 cm³/mol. The Bertz CT molecular complexity index is 718. The van der Waals surface area contributed by atoms with Crippen LogP contribution in [0.5, 0.6) is 0 Å². The van der Waals surface area contributed by atoms with Crippen LogP contribution in [0.1, 0.15) is 16.1 Å². The first-order valence-electron chi connectivity index (χ1n) is 6.21. The highest BCUT2D eigenvalue weighted by atomic mass is 35.5. The molecule has 2 aromatic rings. The number of hydrogen-bond donors (Lipinski definition) is 1. The van der Waals surface area contributed by atoms with Gasteiger partial charge in [-0.15, -0.1) is 10.2 Å². The molecule has 1 aliphatic heterocycles. The van der Waals surface area contributed by atoms with Crippen molar-refractivity contribution >= 4 is 29.2 Å². The minimum Gasteiger partial charge on any atom is -0.480 e. The van der Waals surface area contributed by atoms with Crippen LogP contribution in [0.4, 0.5) is 5.69 Å². The van der Waals surface area contributed by atoms with Gasteiger partial charge < -0.3 is 5.11 Å². The average molecular weight is 304 g/mol. The predicted octanol–water partition coefficient (Wildman–Crippen LogP) is 1.79. The Hall–Kier alpha value is -2.47. The van der Waals surface area contributed by atoms with Crippen LogP contribution in [-0.4, -0.2) is 33.2 Å². The number of benzene rings is 1. The lowest BCUT2D eigenvalue weighted by Gasteiger charge is -2.21. The van der Waals surface area contributed by atoms with Crippen molar-refractivity contribution in [2.45, 2.75) is 12.5 Å². The van der Waals surface area contributed by atoms with Crippen LogP contribution in [0, 0.1) is 0 Å². The second-order valence-electron chi connectivity index (χ2n) is 4.60. The highest BCUT2D eigenvalue weighted by molar-refractivity contribution is 6.29. The van der Waals surface area contributed by atoms with E-state index in [2.05, 4.69) is 10.2 Å². The number of aromatic nitrogens is 2. The Balaban J connectivity index is 2.03. The van der Waals surface area contributed by atoms with Gasteiger partial charge in [0.1, 0.15) is 6.04 Å². The number of halogens is 1. The summed E-state index contributed by atoms with van der Waals surface area (Å²) in [5.41, 5.74) is 1.47. The van der Waals surface area contributed by atoms with Gasteiger partial charge in [0.05, 0.1) is 0 Å². The van der Waals surface area contributed by atoms with E-state index in [1.165, 1.54) is 17.0 Å². The minimum atomic E-state index is -1.05. The Morgan fingerprint density at radius 3 is 2.62 bits per heavy atom. The van der Waals surface area contributed by atoms with Gasteiger partial charge in [-0.05, 0) is 23.8 Å². The van der Waals surface area contributed by atoms with E-state index in [0.29, 0.717) is 5.69 Å². The number of carboxylic acid groups (broad SMARTS) is 1. The molecule has 0 aliphatic carbocycles. The van der Waals surface area contributed by atoms with Crippen LogP contribution in [0.2, 0.25) is 5.15 Å². The number of anilines is 1. The van der Waals surface area contributed by atoms with Crippen LogP contribution in [0.15, 0.2) is 36.4 Å². The first kappa shape index (κ1) is 13.5. The summed E-state index contributed by atoms with van der Waals surface area (Å²) in [5.74, 6) is -1.56. The third-order valence-corrected chi connectivity index (χ3v) is 3.53. The van der Waals surface area contributed by atoms with Gasteiger partial charge in [0.2, 0.25) is 0 Å². The summed E-state index contributed by atoms with van der Waals surface area (Å²) in [6.07, 6.45) is 0.276. The van der Waals surface area contributed by atoms with E-state index in [1.807, 2.05) is 12.1 Å². The molecule has 0 saturated heterocycles. The molecule has 6 nitrogen and oxygen atoms in total. The molecule has 1 aromatic carbocycles. The van der Waals surface area contributed by atoms with E-state index < -0.39 is 17.9 Å². The molecule has 106 valence electrons. The summed E-state index contributed by atoms with van der Waals surface area (Å²) in [4.78, 5) is 25.2. The van der Waals surface area contributed by atoms with Crippen LogP contribution < -0.4 is 4.90 Å². The summed E-state index contributed by atoms with van der Waals surface area (Å²) in [6, 6.07) is 9.04. The van der Waals surface area contributed by atoms with E-state index in [9.17, 15) is 14.7 Å². The fourth-order valence-corrected chi connectivity index (χ4v) is 2.49. The molecule has 0 spiro atoms. The number of para-hydroxylation sites is 1. The first-order valence-corrected chi connectivity index (χ1v) is 6.59. The summed E-state index contributed by atoms with van der Waals surface area (Å²) in [7, 11) is 0. The zero-order valence-corrected chi connectivity index (χ0v) is 11.5. The van der Waals surface area contributed by atoms with Crippen molar-refractivity contribution < 1.29 is 14.7 Å². The topological polar surface area (TPSA) is 83.4 Å². The van der Waals surface area contributed by atoms with Gasteiger partial charge >= 0.3 is 5.97 Å². The van der Waals surface area contributed by atoms with Crippen LogP contribution in [0.25, 0.3) is 0 Å². The molecule has 1 N–H and O–H groups in total.